The van der Waals surface area contributed by atoms with Crippen LogP contribution in [0.4, 0.5) is 5.69 Å². The van der Waals surface area contributed by atoms with E-state index in [1.165, 1.54) is 23.7 Å². The zero-order valence-corrected chi connectivity index (χ0v) is 10.3. The Kier molecular flexibility index (Phi) is 3.41. The van der Waals surface area contributed by atoms with Crippen molar-refractivity contribution in [3.63, 3.8) is 0 Å². The molecule has 7 nitrogen and oxygen atoms in total. The number of hydrogen-bond donors (Lipinski definition) is 2. The lowest BCUT2D eigenvalue weighted by Crippen LogP contribution is -1.87. The second-order valence-electron chi connectivity index (χ2n) is 3.15. The third-order valence-electron chi connectivity index (χ3n) is 1.89. The van der Waals surface area contributed by atoms with Crippen molar-refractivity contribution in [1.29, 1.82) is 0 Å². The van der Waals surface area contributed by atoms with Crippen LogP contribution < -0.4 is 0 Å². The summed E-state index contributed by atoms with van der Waals surface area (Å²) in [6.07, 6.45) is 0.611. The van der Waals surface area contributed by atoms with Crippen molar-refractivity contribution in [2.75, 3.05) is 0 Å². The molecule has 0 aromatic carbocycles. The van der Waals surface area contributed by atoms with Gasteiger partial charge in [-0.1, -0.05) is 0 Å². The topological polar surface area (TPSA) is 105 Å². The number of nitro groups is 1. The highest BCUT2D eigenvalue weighted by Crippen LogP contribution is 2.41. The zero-order chi connectivity index (χ0) is 12.4. The molecule has 0 saturated carbocycles. The summed E-state index contributed by atoms with van der Waals surface area (Å²) in [7, 11) is 0. The molecule has 2 aromatic heterocycles. The normalized spacial score (nSPS) is 12.6. The SMILES string of the molecule is C[C@H](O)c1cc([N+](=O)[O-])c(Sc2ncn[nH]2)s1. The van der Waals surface area contributed by atoms with E-state index in [-0.39, 0.29) is 5.69 Å². The maximum absolute atomic E-state index is 10.9. The van der Waals surface area contributed by atoms with Crippen LogP contribution in [0.25, 0.3) is 0 Å². The number of nitrogens with one attached hydrogen (secondary N) is 1. The van der Waals surface area contributed by atoms with E-state index in [4.69, 9.17) is 0 Å². The molecule has 0 aliphatic carbocycles. The molecule has 0 amide bonds. The number of aliphatic hydroxyl groups is 1. The van der Waals surface area contributed by atoms with Crippen LogP contribution in [0.15, 0.2) is 21.8 Å². The van der Waals surface area contributed by atoms with Gasteiger partial charge in [-0.2, -0.15) is 5.10 Å². The summed E-state index contributed by atoms with van der Waals surface area (Å²) in [4.78, 5) is 14.8. The van der Waals surface area contributed by atoms with Crippen LogP contribution in [0.2, 0.25) is 0 Å². The Morgan fingerprint density at radius 2 is 2.47 bits per heavy atom. The summed E-state index contributed by atoms with van der Waals surface area (Å²) >= 11 is 2.30. The van der Waals surface area contributed by atoms with Gasteiger partial charge in [-0.25, -0.2) is 4.98 Å². The molecule has 2 heterocycles. The molecule has 17 heavy (non-hydrogen) atoms. The van der Waals surface area contributed by atoms with Crippen LogP contribution >= 0.6 is 23.1 Å². The van der Waals surface area contributed by atoms with Crippen molar-refractivity contribution >= 4 is 28.8 Å². The van der Waals surface area contributed by atoms with Crippen molar-refractivity contribution in [1.82, 2.24) is 15.2 Å². The first kappa shape index (κ1) is 12.0. The van der Waals surface area contributed by atoms with Gasteiger partial charge < -0.3 is 5.11 Å². The largest absolute Gasteiger partial charge is 0.388 e. The molecule has 2 aromatic rings. The third kappa shape index (κ3) is 2.62. The first-order valence-corrected chi connectivity index (χ1v) is 6.20. The molecule has 0 radical (unpaired) electrons. The van der Waals surface area contributed by atoms with Crippen LogP contribution in [0.3, 0.4) is 0 Å². The molecular weight excluding hydrogens is 264 g/mol. The predicted octanol–water partition coefficient (Wildman–Crippen LogP) is 1.98. The maximum atomic E-state index is 10.9. The molecule has 0 aliphatic heterocycles. The van der Waals surface area contributed by atoms with E-state index in [9.17, 15) is 15.2 Å². The van der Waals surface area contributed by atoms with Gasteiger partial charge in [0.2, 0.25) is 0 Å². The molecule has 0 bridgehead atoms. The first-order chi connectivity index (χ1) is 8.08. The lowest BCUT2D eigenvalue weighted by atomic mass is 10.3. The summed E-state index contributed by atoms with van der Waals surface area (Å²) < 4.78 is 0.475. The Morgan fingerprint density at radius 1 is 1.71 bits per heavy atom. The molecule has 9 heteroatoms. The highest BCUT2D eigenvalue weighted by molar-refractivity contribution is 8.01. The highest BCUT2D eigenvalue weighted by atomic mass is 32.2. The number of thiophene rings is 1. The van der Waals surface area contributed by atoms with Gasteiger partial charge in [0.1, 0.15) is 10.5 Å². The average Bonchev–Trinajstić information content (AvgIpc) is 2.87. The number of aromatic amines is 1. The predicted molar refractivity (Wildman–Crippen MR) is 62.1 cm³/mol. The fourth-order valence-corrected chi connectivity index (χ4v) is 3.22. The van der Waals surface area contributed by atoms with E-state index in [0.29, 0.717) is 14.2 Å². The van der Waals surface area contributed by atoms with E-state index < -0.39 is 11.0 Å². The van der Waals surface area contributed by atoms with Crippen LogP contribution in [-0.2, 0) is 0 Å². The second-order valence-corrected chi connectivity index (χ2v) is 5.49. The Morgan fingerprint density at radius 3 is 3.00 bits per heavy atom. The Hall–Kier alpha value is -1.45. The Bertz CT molecular complexity index is 523. The molecule has 2 N–H and O–H groups in total. The van der Waals surface area contributed by atoms with Crippen molar-refractivity contribution in [2.24, 2.45) is 0 Å². The smallest absolute Gasteiger partial charge is 0.294 e. The minimum atomic E-state index is -0.720. The maximum Gasteiger partial charge on any atom is 0.294 e. The molecule has 0 spiro atoms. The van der Waals surface area contributed by atoms with E-state index >= 15 is 0 Å². The molecule has 0 saturated heterocycles. The number of rotatable bonds is 4. The molecule has 2 rings (SSSR count). The molecule has 1 atom stereocenters. The van der Waals surface area contributed by atoms with E-state index in [1.807, 2.05) is 0 Å². The number of aromatic nitrogens is 3. The third-order valence-corrected chi connectivity index (χ3v) is 4.26. The average molecular weight is 272 g/mol. The van der Waals surface area contributed by atoms with Crippen molar-refractivity contribution in [3.8, 4) is 0 Å². The molecular formula is C8H8N4O3S2. The van der Waals surface area contributed by atoms with E-state index in [2.05, 4.69) is 15.2 Å². The minimum absolute atomic E-state index is 0.0210. The van der Waals surface area contributed by atoms with Gasteiger partial charge in [0.25, 0.3) is 5.69 Å². The lowest BCUT2D eigenvalue weighted by molar-refractivity contribution is -0.387. The van der Waals surface area contributed by atoms with E-state index in [0.717, 1.165) is 11.8 Å². The monoisotopic (exact) mass is 272 g/mol. The summed E-state index contributed by atoms with van der Waals surface area (Å²) in [5.41, 5.74) is -0.0210. The first-order valence-electron chi connectivity index (χ1n) is 4.57. The molecule has 0 aliphatic rings. The number of H-pyrrole nitrogens is 1. The van der Waals surface area contributed by atoms with Crippen LogP contribution in [0, 0.1) is 10.1 Å². The van der Waals surface area contributed by atoms with Gasteiger partial charge in [-0.05, 0) is 18.7 Å². The number of nitrogens with zero attached hydrogens (tertiary/aromatic N) is 3. The Labute approximate surface area is 104 Å². The highest BCUT2D eigenvalue weighted by Gasteiger charge is 2.22. The molecule has 0 unspecified atom stereocenters. The van der Waals surface area contributed by atoms with Crippen molar-refractivity contribution in [2.45, 2.75) is 22.4 Å². The van der Waals surface area contributed by atoms with E-state index in [1.54, 1.807) is 6.92 Å². The van der Waals surface area contributed by atoms with Crippen molar-refractivity contribution < 1.29 is 10.0 Å². The van der Waals surface area contributed by atoms with Gasteiger partial charge >= 0.3 is 0 Å². The van der Waals surface area contributed by atoms with Gasteiger partial charge in [-0.15, -0.1) is 11.3 Å². The second kappa shape index (κ2) is 4.82. The zero-order valence-electron chi connectivity index (χ0n) is 8.65. The van der Waals surface area contributed by atoms with Crippen LogP contribution in [0.1, 0.15) is 17.9 Å². The van der Waals surface area contributed by atoms with Gasteiger partial charge in [0, 0.05) is 10.9 Å². The number of aliphatic hydroxyl groups excluding tert-OH is 1. The minimum Gasteiger partial charge on any atom is -0.388 e. The molecule has 90 valence electrons. The summed E-state index contributed by atoms with van der Waals surface area (Å²) in [6.45, 7) is 1.57. The summed E-state index contributed by atoms with van der Waals surface area (Å²) in [5, 5.41) is 27.0. The summed E-state index contributed by atoms with van der Waals surface area (Å²) in [5.74, 6) is 0. The van der Waals surface area contributed by atoms with Crippen molar-refractivity contribution in [3.05, 3.63) is 27.4 Å². The van der Waals surface area contributed by atoms with Gasteiger partial charge in [0.15, 0.2) is 5.16 Å². The van der Waals surface area contributed by atoms with Crippen LogP contribution in [-0.4, -0.2) is 25.2 Å². The quantitative estimate of drug-likeness (QED) is 0.651. The van der Waals surface area contributed by atoms with Gasteiger partial charge in [-0.3, -0.25) is 15.2 Å². The molecule has 0 fully saturated rings. The summed E-state index contributed by atoms with van der Waals surface area (Å²) in [6, 6.07) is 1.38. The Balaban J connectivity index is 2.34. The lowest BCUT2D eigenvalue weighted by Gasteiger charge is -1.95. The fourth-order valence-electron chi connectivity index (χ4n) is 1.12. The standard InChI is InChI=1S/C8H8N4O3S2/c1-4(13)6-2-5(12(14)15)7(16-6)17-8-9-3-10-11-8/h2-4,13H,1H3,(H,9,10,11)/t4-/m0/s1. The fraction of sp³-hybridized carbons (Fsp3) is 0.250. The van der Waals surface area contributed by atoms with Gasteiger partial charge in [0.05, 0.1) is 11.0 Å². The number of hydrogen-bond acceptors (Lipinski definition) is 7. The van der Waals surface area contributed by atoms with Crippen LogP contribution in [0.5, 0.6) is 0 Å².